The highest BCUT2D eigenvalue weighted by Gasteiger charge is 2.14. The van der Waals surface area contributed by atoms with Gasteiger partial charge in [0.1, 0.15) is 12.4 Å². The van der Waals surface area contributed by atoms with E-state index >= 15 is 0 Å². The SMILES string of the molecule is COCCOc1ccc(NC(=O)CNC(=O)c2ccc(C(C)(C)C)cc2)cc1. The fraction of sp³-hybridized carbons (Fsp3) is 0.364. The molecule has 0 bridgehead atoms. The van der Waals surface area contributed by atoms with Crippen LogP contribution in [0.4, 0.5) is 5.69 Å². The molecule has 0 atom stereocenters. The van der Waals surface area contributed by atoms with E-state index in [9.17, 15) is 9.59 Å². The summed E-state index contributed by atoms with van der Waals surface area (Å²) in [6, 6.07) is 14.4. The monoisotopic (exact) mass is 384 g/mol. The van der Waals surface area contributed by atoms with Gasteiger partial charge in [-0.05, 0) is 47.4 Å². The normalized spacial score (nSPS) is 11.0. The molecule has 0 fully saturated rings. The molecule has 2 amide bonds. The Morgan fingerprint density at radius 1 is 0.929 bits per heavy atom. The number of amides is 2. The van der Waals surface area contributed by atoms with E-state index in [2.05, 4.69) is 31.4 Å². The lowest BCUT2D eigenvalue weighted by Gasteiger charge is -2.19. The van der Waals surface area contributed by atoms with Gasteiger partial charge >= 0.3 is 0 Å². The van der Waals surface area contributed by atoms with Gasteiger partial charge in [-0.1, -0.05) is 32.9 Å². The zero-order valence-corrected chi connectivity index (χ0v) is 16.9. The fourth-order valence-corrected chi connectivity index (χ4v) is 2.47. The molecule has 6 nitrogen and oxygen atoms in total. The van der Waals surface area contributed by atoms with E-state index in [1.165, 1.54) is 0 Å². The summed E-state index contributed by atoms with van der Waals surface area (Å²) in [4.78, 5) is 24.3. The summed E-state index contributed by atoms with van der Waals surface area (Å²) in [6.07, 6.45) is 0. The lowest BCUT2D eigenvalue weighted by Crippen LogP contribution is -2.32. The van der Waals surface area contributed by atoms with Crippen LogP contribution < -0.4 is 15.4 Å². The molecule has 0 spiro atoms. The van der Waals surface area contributed by atoms with Crippen molar-refractivity contribution in [3.63, 3.8) is 0 Å². The quantitative estimate of drug-likeness (QED) is 0.684. The predicted octanol–water partition coefficient (Wildman–Crippen LogP) is 3.38. The summed E-state index contributed by atoms with van der Waals surface area (Å²) >= 11 is 0. The van der Waals surface area contributed by atoms with Crippen LogP contribution in [0.15, 0.2) is 48.5 Å². The van der Waals surface area contributed by atoms with Gasteiger partial charge in [0.25, 0.3) is 5.91 Å². The van der Waals surface area contributed by atoms with E-state index in [-0.39, 0.29) is 23.8 Å². The molecule has 0 saturated heterocycles. The van der Waals surface area contributed by atoms with Crippen molar-refractivity contribution in [3.8, 4) is 5.75 Å². The Balaban J connectivity index is 1.81. The number of ether oxygens (including phenoxy) is 2. The molecule has 2 aromatic rings. The molecule has 0 aliphatic heterocycles. The van der Waals surface area contributed by atoms with E-state index in [0.717, 1.165) is 5.56 Å². The smallest absolute Gasteiger partial charge is 0.251 e. The molecule has 2 rings (SSSR count). The maximum atomic E-state index is 12.2. The van der Waals surface area contributed by atoms with Crippen molar-refractivity contribution in [3.05, 3.63) is 59.7 Å². The van der Waals surface area contributed by atoms with Gasteiger partial charge < -0.3 is 20.1 Å². The maximum absolute atomic E-state index is 12.2. The van der Waals surface area contributed by atoms with E-state index in [0.29, 0.717) is 30.2 Å². The molecule has 0 aliphatic rings. The topological polar surface area (TPSA) is 76.7 Å². The number of nitrogens with one attached hydrogen (secondary N) is 2. The molecule has 150 valence electrons. The molecule has 0 radical (unpaired) electrons. The van der Waals surface area contributed by atoms with Crippen molar-refractivity contribution in [1.29, 1.82) is 0 Å². The van der Waals surface area contributed by atoms with Crippen molar-refractivity contribution < 1.29 is 19.1 Å². The number of benzene rings is 2. The van der Waals surface area contributed by atoms with Crippen LogP contribution in [-0.2, 0) is 14.9 Å². The van der Waals surface area contributed by atoms with Crippen LogP contribution in [0.3, 0.4) is 0 Å². The number of methoxy groups -OCH3 is 1. The second-order valence-electron chi connectivity index (χ2n) is 7.42. The third kappa shape index (κ3) is 6.70. The summed E-state index contributed by atoms with van der Waals surface area (Å²) in [5.74, 6) is 0.118. The summed E-state index contributed by atoms with van der Waals surface area (Å²) < 4.78 is 10.4. The van der Waals surface area contributed by atoms with Crippen molar-refractivity contribution in [1.82, 2.24) is 5.32 Å². The zero-order valence-electron chi connectivity index (χ0n) is 16.9. The van der Waals surface area contributed by atoms with E-state index in [4.69, 9.17) is 9.47 Å². The van der Waals surface area contributed by atoms with Crippen LogP contribution >= 0.6 is 0 Å². The summed E-state index contributed by atoms with van der Waals surface area (Å²) in [6.45, 7) is 7.22. The minimum Gasteiger partial charge on any atom is -0.491 e. The van der Waals surface area contributed by atoms with E-state index in [1.54, 1.807) is 43.5 Å². The Morgan fingerprint density at radius 2 is 1.57 bits per heavy atom. The third-order valence-electron chi connectivity index (χ3n) is 4.12. The molecule has 28 heavy (non-hydrogen) atoms. The van der Waals surface area contributed by atoms with E-state index in [1.807, 2.05) is 12.1 Å². The van der Waals surface area contributed by atoms with Crippen LogP contribution in [0, 0.1) is 0 Å². The summed E-state index contributed by atoms with van der Waals surface area (Å²) in [5.41, 5.74) is 2.34. The summed E-state index contributed by atoms with van der Waals surface area (Å²) in [7, 11) is 1.61. The molecule has 0 aliphatic carbocycles. The van der Waals surface area contributed by atoms with Crippen LogP contribution in [0.25, 0.3) is 0 Å². The minimum absolute atomic E-state index is 0.0270. The first-order valence-electron chi connectivity index (χ1n) is 9.20. The first-order chi connectivity index (χ1) is 13.3. The molecule has 0 saturated carbocycles. The molecule has 2 N–H and O–H groups in total. The van der Waals surface area contributed by atoms with Gasteiger partial charge in [0, 0.05) is 18.4 Å². The Kier molecular flexibility index (Phi) is 7.58. The Hall–Kier alpha value is -2.86. The largest absolute Gasteiger partial charge is 0.491 e. The Morgan fingerprint density at radius 3 is 2.14 bits per heavy atom. The van der Waals surface area contributed by atoms with Crippen molar-refractivity contribution >= 4 is 17.5 Å². The highest BCUT2D eigenvalue weighted by molar-refractivity contribution is 5.99. The lowest BCUT2D eigenvalue weighted by atomic mass is 9.87. The van der Waals surface area contributed by atoms with Crippen LogP contribution in [0.2, 0.25) is 0 Å². The van der Waals surface area contributed by atoms with Crippen LogP contribution in [0.1, 0.15) is 36.7 Å². The average molecular weight is 384 g/mol. The third-order valence-corrected chi connectivity index (χ3v) is 4.12. The first-order valence-corrected chi connectivity index (χ1v) is 9.20. The number of rotatable bonds is 8. The van der Waals surface area contributed by atoms with Gasteiger partial charge in [-0.2, -0.15) is 0 Å². The van der Waals surface area contributed by atoms with E-state index < -0.39 is 0 Å². The van der Waals surface area contributed by atoms with Crippen molar-refractivity contribution in [2.24, 2.45) is 0 Å². The molecule has 0 heterocycles. The number of carbonyl (C=O) groups excluding carboxylic acids is 2. The number of anilines is 1. The summed E-state index contributed by atoms with van der Waals surface area (Å²) in [5, 5.41) is 5.37. The molecule has 0 aromatic heterocycles. The highest BCUT2D eigenvalue weighted by Crippen LogP contribution is 2.22. The molecular formula is C22H28N2O4. The standard InChI is InChI=1S/C22H28N2O4/c1-22(2,3)17-7-5-16(6-8-17)21(26)23-15-20(25)24-18-9-11-19(12-10-18)28-14-13-27-4/h5-12H,13-15H2,1-4H3,(H,23,26)(H,24,25). The average Bonchev–Trinajstić information content (AvgIpc) is 2.67. The highest BCUT2D eigenvalue weighted by atomic mass is 16.5. The van der Waals surface area contributed by atoms with Crippen LogP contribution in [0.5, 0.6) is 5.75 Å². The Labute approximate surface area is 166 Å². The number of hydrogen-bond acceptors (Lipinski definition) is 4. The second-order valence-corrected chi connectivity index (χ2v) is 7.42. The molecule has 2 aromatic carbocycles. The fourth-order valence-electron chi connectivity index (χ4n) is 2.47. The molecular weight excluding hydrogens is 356 g/mol. The lowest BCUT2D eigenvalue weighted by molar-refractivity contribution is -0.115. The van der Waals surface area contributed by atoms with Gasteiger partial charge in [-0.15, -0.1) is 0 Å². The van der Waals surface area contributed by atoms with Gasteiger partial charge in [-0.3, -0.25) is 9.59 Å². The number of hydrogen-bond donors (Lipinski definition) is 2. The van der Waals surface area contributed by atoms with Gasteiger partial charge in [0.05, 0.1) is 13.2 Å². The number of carbonyl (C=O) groups is 2. The van der Waals surface area contributed by atoms with Crippen molar-refractivity contribution in [2.45, 2.75) is 26.2 Å². The Bertz CT molecular complexity index is 778. The van der Waals surface area contributed by atoms with Crippen molar-refractivity contribution in [2.75, 3.05) is 32.2 Å². The first kappa shape index (κ1) is 21.4. The zero-order chi connectivity index (χ0) is 20.6. The van der Waals surface area contributed by atoms with Gasteiger partial charge in [-0.25, -0.2) is 0 Å². The minimum atomic E-state index is -0.298. The van der Waals surface area contributed by atoms with Gasteiger partial charge in [0.15, 0.2) is 0 Å². The molecule has 0 unspecified atom stereocenters. The maximum Gasteiger partial charge on any atom is 0.251 e. The van der Waals surface area contributed by atoms with Crippen LogP contribution in [-0.4, -0.2) is 38.7 Å². The predicted molar refractivity (Wildman–Crippen MR) is 110 cm³/mol. The second kappa shape index (κ2) is 9.90. The van der Waals surface area contributed by atoms with Gasteiger partial charge in [0.2, 0.25) is 5.91 Å². The molecule has 6 heteroatoms.